The standard InChI is InChI=1S/C31H25FN2O6S/c1-3-37-30(36)27-18(2)33-31-34(28(27)21-7-9-22(32)10-8-21)29(35)26(41-31)15-19-4-11-23(12-5-19)38-16-20-6-13-24-25(14-20)40-17-39-24/h4-15,28H,3,16-17H2,1-2H3. The van der Waals surface area contributed by atoms with Crippen molar-refractivity contribution in [1.82, 2.24) is 4.57 Å². The number of fused-ring (bicyclic) bond motifs is 2. The lowest BCUT2D eigenvalue weighted by atomic mass is 9.96. The van der Waals surface area contributed by atoms with E-state index in [-0.39, 0.29) is 24.5 Å². The van der Waals surface area contributed by atoms with E-state index in [1.165, 1.54) is 28.0 Å². The second-order valence-electron chi connectivity index (χ2n) is 9.40. The molecule has 3 heterocycles. The Morgan fingerprint density at radius 1 is 1.10 bits per heavy atom. The molecule has 2 aliphatic heterocycles. The number of halogens is 1. The van der Waals surface area contributed by atoms with E-state index in [4.69, 9.17) is 18.9 Å². The van der Waals surface area contributed by atoms with Crippen LogP contribution in [0, 0.1) is 5.82 Å². The Balaban J connectivity index is 1.29. The van der Waals surface area contributed by atoms with Crippen LogP contribution in [0.1, 0.15) is 36.6 Å². The lowest BCUT2D eigenvalue weighted by molar-refractivity contribution is -0.139. The highest BCUT2D eigenvalue weighted by Gasteiger charge is 2.33. The van der Waals surface area contributed by atoms with Crippen molar-refractivity contribution in [2.75, 3.05) is 13.4 Å². The second kappa shape index (κ2) is 11.1. The summed E-state index contributed by atoms with van der Waals surface area (Å²) in [5.41, 5.74) is 2.73. The molecule has 1 atom stereocenters. The van der Waals surface area contributed by atoms with Gasteiger partial charge in [0.2, 0.25) is 6.79 Å². The highest BCUT2D eigenvalue weighted by atomic mass is 32.1. The number of benzene rings is 3. The third-order valence-corrected chi connectivity index (χ3v) is 7.71. The first kappa shape index (κ1) is 26.5. The number of hydrogen-bond donors (Lipinski definition) is 0. The summed E-state index contributed by atoms with van der Waals surface area (Å²) in [6.45, 7) is 4.18. The number of allylic oxidation sites excluding steroid dienone is 1. The minimum absolute atomic E-state index is 0.173. The van der Waals surface area contributed by atoms with Gasteiger partial charge in [-0.2, -0.15) is 0 Å². The van der Waals surface area contributed by atoms with Crippen LogP contribution in [-0.4, -0.2) is 23.9 Å². The van der Waals surface area contributed by atoms with Crippen LogP contribution < -0.4 is 29.1 Å². The molecule has 8 nitrogen and oxygen atoms in total. The minimum atomic E-state index is -0.792. The number of carbonyl (C=O) groups is 1. The van der Waals surface area contributed by atoms with Crippen LogP contribution in [0.5, 0.6) is 17.2 Å². The molecule has 0 N–H and O–H groups in total. The van der Waals surface area contributed by atoms with Crippen LogP contribution in [0.15, 0.2) is 87.8 Å². The zero-order valence-electron chi connectivity index (χ0n) is 22.3. The summed E-state index contributed by atoms with van der Waals surface area (Å²) in [6, 6.07) is 18.0. The first-order chi connectivity index (χ1) is 19.9. The molecule has 0 amide bonds. The number of ether oxygens (including phenoxy) is 4. The molecule has 0 bridgehead atoms. The van der Waals surface area contributed by atoms with E-state index >= 15 is 0 Å². The lowest BCUT2D eigenvalue weighted by Gasteiger charge is -2.24. The van der Waals surface area contributed by atoms with Crippen LogP contribution in [0.3, 0.4) is 0 Å². The first-order valence-electron chi connectivity index (χ1n) is 13.0. The molecule has 0 aliphatic carbocycles. The van der Waals surface area contributed by atoms with Gasteiger partial charge in [0.1, 0.15) is 18.2 Å². The van der Waals surface area contributed by atoms with Gasteiger partial charge in [-0.15, -0.1) is 0 Å². The molecular formula is C31H25FN2O6S. The summed E-state index contributed by atoms with van der Waals surface area (Å²) >= 11 is 1.23. The van der Waals surface area contributed by atoms with Crippen molar-refractivity contribution in [1.29, 1.82) is 0 Å². The Morgan fingerprint density at radius 2 is 1.85 bits per heavy atom. The van der Waals surface area contributed by atoms with E-state index in [1.54, 1.807) is 32.1 Å². The molecule has 10 heteroatoms. The molecule has 2 aliphatic rings. The van der Waals surface area contributed by atoms with Gasteiger partial charge >= 0.3 is 5.97 Å². The quantitative estimate of drug-likeness (QED) is 0.308. The van der Waals surface area contributed by atoms with E-state index in [0.29, 0.717) is 38.7 Å². The van der Waals surface area contributed by atoms with E-state index in [9.17, 15) is 14.0 Å². The van der Waals surface area contributed by atoms with Crippen LogP contribution in [0.2, 0.25) is 0 Å². The van der Waals surface area contributed by atoms with Gasteiger partial charge < -0.3 is 18.9 Å². The predicted molar refractivity (Wildman–Crippen MR) is 150 cm³/mol. The fourth-order valence-electron chi connectivity index (χ4n) is 4.76. The highest BCUT2D eigenvalue weighted by Crippen LogP contribution is 2.33. The Bertz CT molecular complexity index is 1840. The van der Waals surface area contributed by atoms with Crippen molar-refractivity contribution in [2.45, 2.75) is 26.5 Å². The molecule has 0 fully saturated rings. The zero-order valence-corrected chi connectivity index (χ0v) is 23.1. The number of nitrogens with zero attached hydrogens (tertiary/aromatic N) is 2. The summed E-state index contributed by atoms with van der Waals surface area (Å²) in [5, 5.41) is 0. The molecule has 3 aromatic carbocycles. The Morgan fingerprint density at radius 3 is 2.61 bits per heavy atom. The number of thiazole rings is 1. The van der Waals surface area contributed by atoms with E-state index < -0.39 is 17.8 Å². The third-order valence-electron chi connectivity index (χ3n) is 6.72. The van der Waals surface area contributed by atoms with Gasteiger partial charge in [-0.25, -0.2) is 14.2 Å². The average Bonchev–Trinajstić information content (AvgIpc) is 3.56. The molecule has 0 saturated heterocycles. The number of hydrogen-bond acceptors (Lipinski definition) is 8. The lowest BCUT2D eigenvalue weighted by Crippen LogP contribution is -2.39. The van der Waals surface area contributed by atoms with Crippen LogP contribution >= 0.6 is 11.3 Å². The molecule has 208 valence electrons. The zero-order chi connectivity index (χ0) is 28.5. The van der Waals surface area contributed by atoms with Gasteiger partial charge in [-0.1, -0.05) is 41.7 Å². The maximum Gasteiger partial charge on any atom is 0.338 e. The van der Waals surface area contributed by atoms with Gasteiger partial charge in [-0.05, 0) is 73.0 Å². The fourth-order valence-corrected chi connectivity index (χ4v) is 5.81. The van der Waals surface area contributed by atoms with E-state index in [1.807, 2.05) is 42.5 Å². The molecule has 1 aromatic heterocycles. The smallest absolute Gasteiger partial charge is 0.338 e. The average molecular weight is 573 g/mol. The molecule has 0 radical (unpaired) electrons. The summed E-state index contributed by atoms with van der Waals surface area (Å²) in [4.78, 5) is 31.7. The largest absolute Gasteiger partial charge is 0.489 e. The van der Waals surface area contributed by atoms with Gasteiger partial charge in [0.15, 0.2) is 16.3 Å². The maximum absolute atomic E-state index is 13.7. The highest BCUT2D eigenvalue weighted by molar-refractivity contribution is 7.07. The van der Waals surface area contributed by atoms with Crippen molar-refractivity contribution < 1.29 is 28.1 Å². The van der Waals surface area contributed by atoms with Crippen molar-refractivity contribution in [2.24, 2.45) is 4.99 Å². The van der Waals surface area contributed by atoms with Crippen molar-refractivity contribution in [3.8, 4) is 17.2 Å². The molecule has 0 saturated carbocycles. The first-order valence-corrected chi connectivity index (χ1v) is 13.8. The Hall–Kier alpha value is -4.70. The van der Waals surface area contributed by atoms with E-state index in [0.717, 1.165) is 16.9 Å². The van der Waals surface area contributed by atoms with Gasteiger partial charge in [0.25, 0.3) is 5.56 Å². The number of carbonyl (C=O) groups excluding carboxylic acids is 1. The molecule has 4 aromatic rings. The Kier molecular flexibility index (Phi) is 7.15. The summed E-state index contributed by atoms with van der Waals surface area (Å²) in [7, 11) is 0. The SMILES string of the molecule is CCOC(=O)C1=C(C)N=c2sc(=Cc3ccc(OCc4ccc5c(c4)OCO5)cc3)c(=O)n2C1c1ccc(F)cc1. The molecular weight excluding hydrogens is 547 g/mol. The summed E-state index contributed by atoms with van der Waals surface area (Å²) in [5.74, 6) is 1.12. The Labute approximate surface area is 238 Å². The number of aromatic nitrogens is 1. The van der Waals surface area contributed by atoms with Crippen molar-refractivity contribution in [3.63, 3.8) is 0 Å². The van der Waals surface area contributed by atoms with Crippen LogP contribution in [-0.2, 0) is 16.1 Å². The normalized spacial score (nSPS) is 15.9. The number of rotatable bonds is 7. The molecule has 6 rings (SSSR count). The van der Waals surface area contributed by atoms with Crippen LogP contribution in [0.25, 0.3) is 6.08 Å². The van der Waals surface area contributed by atoms with Gasteiger partial charge in [0, 0.05) is 0 Å². The fraction of sp³-hybridized carbons (Fsp3) is 0.194. The minimum Gasteiger partial charge on any atom is -0.489 e. The summed E-state index contributed by atoms with van der Waals surface area (Å²) < 4.78 is 37.6. The second-order valence-corrected chi connectivity index (χ2v) is 10.4. The monoisotopic (exact) mass is 572 g/mol. The third kappa shape index (κ3) is 5.26. The van der Waals surface area contributed by atoms with E-state index in [2.05, 4.69) is 4.99 Å². The van der Waals surface area contributed by atoms with Crippen molar-refractivity contribution in [3.05, 3.63) is 120 Å². The number of esters is 1. The summed E-state index contributed by atoms with van der Waals surface area (Å²) in [6.07, 6.45) is 1.77. The molecule has 41 heavy (non-hydrogen) atoms. The molecule has 1 unspecified atom stereocenters. The topological polar surface area (TPSA) is 88.4 Å². The maximum atomic E-state index is 13.7. The van der Waals surface area contributed by atoms with Crippen LogP contribution in [0.4, 0.5) is 4.39 Å². The molecule has 0 spiro atoms. The van der Waals surface area contributed by atoms with Gasteiger partial charge in [-0.3, -0.25) is 9.36 Å². The van der Waals surface area contributed by atoms with Gasteiger partial charge in [0.05, 0.1) is 28.5 Å². The predicted octanol–water partition coefficient (Wildman–Crippen LogP) is 4.25. The van der Waals surface area contributed by atoms with Crippen molar-refractivity contribution >= 4 is 23.4 Å².